The van der Waals surface area contributed by atoms with Gasteiger partial charge in [-0.3, -0.25) is 4.79 Å². The van der Waals surface area contributed by atoms with Crippen LogP contribution in [0.5, 0.6) is 0 Å². The zero-order valence-electron chi connectivity index (χ0n) is 25.5. The normalized spacial score (nSPS) is 11.9. The molecule has 226 valence electrons. The highest BCUT2D eigenvalue weighted by Crippen LogP contribution is 2.38. The Morgan fingerprint density at radius 3 is 1.91 bits per heavy atom. The molecule has 1 amide bonds. The lowest BCUT2D eigenvalue weighted by Crippen LogP contribution is -2.05. The molecule has 5 heterocycles. The molecule has 8 rings (SSSR count). The van der Waals surface area contributed by atoms with Crippen LogP contribution in [0.1, 0.15) is 29.7 Å². The smallest absolute Gasteiger partial charge is 0.221 e. The Bertz CT molecular complexity index is 2330. The summed E-state index contributed by atoms with van der Waals surface area (Å²) in [5.41, 5.74) is 12.3. The Balaban J connectivity index is 1.43. The van der Waals surface area contributed by atoms with E-state index < -0.39 is 0 Å². The maximum absolute atomic E-state index is 11.6. The third-order valence-electron chi connectivity index (χ3n) is 8.05. The Labute approximate surface area is 276 Å². The van der Waals surface area contributed by atoms with Crippen molar-refractivity contribution >= 4 is 69.7 Å². The summed E-state index contributed by atoms with van der Waals surface area (Å²) in [4.78, 5) is 31.3. The second kappa shape index (κ2) is 12.1. The topological polar surface area (TPSA) is 86.5 Å². The molecule has 3 aromatic heterocycles. The second-order valence-corrected chi connectivity index (χ2v) is 12.4. The van der Waals surface area contributed by atoms with Crippen molar-refractivity contribution in [2.24, 2.45) is 0 Å². The number of benzene rings is 3. The Morgan fingerprint density at radius 2 is 1.21 bits per heavy atom. The van der Waals surface area contributed by atoms with E-state index in [0.29, 0.717) is 0 Å². The lowest BCUT2D eigenvalue weighted by molar-refractivity contribution is -0.114. The van der Waals surface area contributed by atoms with E-state index in [-0.39, 0.29) is 5.91 Å². The van der Waals surface area contributed by atoms with E-state index in [4.69, 9.17) is 9.97 Å². The Morgan fingerprint density at radius 1 is 0.617 bits per heavy atom. The summed E-state index contributed by atoms with van der Waals surface area (Å²) in [6, 6.07) is 39.1. The van der Waals surface area contributed by atoms with Crippen molar-refractivity contribution in [3.05, 3.63) is 138 Å². The third-order valence-corrected chi connectivity index (χ3v) is 9.19. The van der Waals surface area contributed by atoms with Gasteiger partial charge in [0.1, 0.15) is 0 Å². The number of fused-ring (bicyclic) bond motifs is 8. The fourth-order valence-electron chi connectivity index (χ4n) is 5.97. The minimum Gasteiger partial charge on any atom is -0.355 e. The molecular weight excluding hydrogens is 599 g/mol. The molecule has 0 saturated heterocycles. The number of anilines is 1. The third kappa shape index (κ3) is 5.80. The first-order chi connectivity index (χ1) is 23.1. The first-order valence-electron chi connectivity index (χ1n) is 15.4. The second-order valence-electron chi connectivity index (χ2n) is 11.3. The van der Waals surface area contributed by atoms with Crippen LogP contribution in [0.4, 0.5) is 5.69 Å². The number of carbonyl (C=O) groups excluding carboxylic acids is 1. The van der Waals surface area contributed by atoms with Crippen molar-refractivity contribution in [1.29, 1.82) is 0 Å². The molecule has 0 atom stereocenters. The Kier molecular flexibility index (Phi) is 7.36. The van der Waals surface area contributed by atoms with E-state index in [2.05, 4.69) is 118 Å². The van der Waals surface area contributed by atoms with Crippen LogP contribution in [0, 0.1) is 0 Å². The number of hydrogen-bond acceptors (Lipinski definition) is 4. The number of H-pyrrole nitrogens is 2. The molecule has 0 spiro atoms. The van der Waals surface area contributed by atoms with Crippen molar-refractivity contribution in [3.63, 3.8) is 0 Å². The number of hydrogen-bond donors (Lipinski definition) is 3. The summed E-state index contributed by atoms with van der Waals surface area (Å²) in [7, 11) is 0. The molecule has 3 N–H and O–H groups in total. The zero-order chi connectivity index (χ0) is 31.7. The minimum atomic E-state index is -0.0980. The van der Waals surface area contributed by atoms with Crippen LogP contribution in [0.2, 0.25) is 0 Å². The fraction of sp³-hybridized carbons (Fsp3) is 0.0250. The molecule has 6 aromatic rings. The molecule has 7 heteroatoms. The maximum Gasteiger partial charge on any atom is 0.221 e. The number of aromatic amines is 2. The fourth-order valence-corrected chi connectivity index (χ4v) is 6.92. The monoisotopic (exact) mass is 627 g/mol. The summed E-state index contributed by atoms with van der Waals surface area (Å²) < 4.78 is 0. The van der Waals surface area contributed by atoms with Crippen molar-refractivity contribution in [1.82, 2.24) is 19.9 Å². The first-order valence-corrected chi connectivity index (χ1v) is 16.2. The lowest BCUT2D eigenvalue weighted by atomic mass is 10.0. The van der Waals surface area contributed by atoms with Crippen LogP contribution < -0.4 is 5.32 Å². The number of carbonyl (C=O) groups is 1. The summed E-state index contributed by atoms with van der Waals surface area (Å²) in [5.74, 6) is -0.0980. The van der Waals surface area contributed by atoms with Gasteiger partial charge in [-0.1, -0.05) is 72.4 Å². The van der Waals surface area contributed by atoms with Gasteiger partial charge in [0.15, 0.2) is 0 Å². The highest BCUT2D eigenvalue weighted by atomic mass is 32.2. The summed E-state index contributed by atoms with van der Waals surface area (Å²) in [5, 5.41) is 2.86. The predicted molar refractivity (Wildman–Crippen MR) is 195 cm³/mol. The van der Waals surface area contributed by atoms with E-state index >= 15 is 0 Å². The molecule has 0 aliphatic carbocycles. The molecular formula is C40H29N5OS. The number of amides is 1. The van der Waals surface area contributed by atoms with Crippen LogP contribution in [0.25, 0.3) is 68.6 Å². The highest BCUT2D eigenvalue weighted by molar-refractivity contribution is 7.99. The van der Waals surface area contributed by atoms with Crippen LogP contribution >= 0.6 is 11.8 Å². The quantitative estimate of drug-likeness (QED) is 0.177. The van der Waals surface area contributed by atoms with Crippen molar-refractivity contribution in [2.75, 3.05) is 5.32 Å². The van der Waals surface area contributed by atoms with Crippen LogP contribution in [-0.4, -0.2) is 25.8 Å². The summed E-state index contributed by atoms with van der Waals surface area (Å²) >= 11 is 1.63. The molecule has 8 bridgehead atoms. The number of aromatic nitrogens is 4. The predicted octanol–water partition coefficient (Wildman–Crippen LogP) is 10.1. The van der Waals surface area contributed by atoms with Crippen LogP contribution in [0.15, 0.2) is 125 Å². The van der Waals surface area contributed by atoms with Gasteiger partial charge in [0.05, 0.1) is 33.2 Å². The summed E-state index contributed by atoms with van der Waals surface area (Å²) in [6.45, 7) is 1.51. The van der Waals surface area contributed by atoms with Gasteiger partial charge < -0.3 is 15.3 Å². The van der Waals surface area contributed by atoms with E-state index in [0.717, 1.165) is 82.6 Å². The van der Waals surface area contributed by atoms with Gasteiger partial charge in [0.2, 0.25) is 5.91 Å². The maximum atomic E-state index is 11.6. The highest BCUT2D eigenvalue weighted by Gasteiger charge is 2.16. The van der Waals surface area contributed by atoms with E-state index in [1.54, 1.807) is 11.8 Å². The zero-order valence-corrected chi connectivity index (χ0v) is 26.3. The van der Waals surface area contributed by atoms with Crippen molar-refractivity contribution in [2.45, 2.75) is 16.7 Å². The van der Waals surface area contributed by atoms with E-state index in [1.807, 2.05) is 36.4 Å². The summed E-state index contributed by atoms with van der Waals surface area (Å²) in [6.07, 6.45) is 8.33. The molecule has 2 aliphatic heterocycles. The van der Waals surface area contributed by atoms with Gasteiger partial charge in [-0.15, -0.1) is 0 Å². The van der Waals surface area contributed by atoms with E-state index in [1.165, 1.54) is 6.92 Å². The lowest BCUT2D eigenvalue weighted by Gasteiger charge is -2.07. The van der Waals surface area contributed by atoms with Gasteiger partial charge in [-0.05, 0) is 90.0 Å². The van der Waals surface area contributed by atoms with Gasteiger partial charge in [-0.25, -0.2) is 9.97 Å². The SMILES string of the molecule is CC(=O)Nc1ccc(Sc2c3nc(c(-c4ccccc4)c4ccc(cc5nc(c(-c6ccccc6)c6ccc2[nH]6)C=C5)[nH]4)C=C3)cc1. The number of nitrogens with zero attached hydrogens (tertiary/aromatic N) is 2. The van der Waals surface area contributed by atoms with Crippen LogP contribution in [0.3, 0.4) is 0 Å². The largest absolute Gasteiger partial charge is 0.355 e. The molecule has 0 unspecified atom stereocenters. The standard InChI is InChI=1S/C40H29N5OS/c1-25(46)41-28-12-16-31(17-13-28)47-40-36-22-20-34(44-36)38(26-8-4-2-5-9-26)32-18-14-29(42-32)24-30-15-19-33(43-30)39(27-10-6-3-7-11-27)35-21-23-37(40)45-35/h2-24,42,45H,1H3,(H,41,46). The molecule has 47 heavy (non-hydrogen) atoms. The molecule has 0 radical (unpaired) electrons. The van der Waals surface area contributed by atoms with Gasteiger partial charge >= 0.3 is 0 Å². The van der Waals surface area contributed by atoms with Crippen molar-refractivity contribution < 1.29 is 4.79 Å². The van der Waals surface area contributed by atoms with Crippen LogP contribution in [-0.2, 0) is 4.79 Å². The number of rotatable bonds is 5. The van der Waals surface area contributed by atoms with Crippen molar-refractivity contribution in [3.8, 4) is 22.3 Å². The molecule has 3 aromatic carbocycles. The van der Waals surface area contributed by atoms with E-state index in [9.17, 15) is 4.79 Å². The average Bonchev–Trinajstić information content (AvgIpc) is 3.92. The molecule has 0 fully saturated rings. The van der Waals surface area contributed by atoms with Gasteiger partial charge in [0.25, 0.3) is 0 Å². The van der Waals surface area contributed by atoms with Gasteiger partial charge in [-0.2, -0.15) is 0 Å². The minimum absolute atomic E-state index is 0.0980. The first kappa shape index (κ1) is 28.5. The molecule has 0 saturated carbocycles. The molecule has 2 aliphatic rings. The molecule has 6 nitrogen and oxygen atoms in total. The average molecular weight is 628 g/mol. The number of nitrogens with one attached hydrogen (secondary N) is 3. The van der Waals surface area contributed by atoms with Gasteiger partial charge in [0, 0.05) is 45.2 Å². The Hall–Kier alpha value is -5.92.